The smallest absolute Gasteiger partial charge is 0.338 e. The zero-order chi connectivity index (χ0) is 23.6. The molecule has 2 aromatic rings. The van der Waals surface area contributed by atoms with Gasteiger partial charge in [0, 0.05) is 5.69 Å². The van der Waals surface area contributed by atoms with Crippen LogP contribution in [0.15, 0.2) is 60.7 Å². The first-order valence-electron chi connectivity index (χ1n) is 11.3. The first kappa shape index (κ1) is 20.8. The molecule has 1 aliphatic heterocycles. The molecule has 0 aromatic heterocycles. The van der Waals surface area contributed by atoms with Crippen molar-refractivity contribution in [2.24, 2.45) is 35.5 Å². The third-order valence-electron chi connectivity index (χ3n) is 7.49. The Morgan fingerprint density at radius 2 is 1.50 bits per heavy atom. The summed E-state index contributed by atoms with van der Waals surface area (Å²) in [5.41, 5.74) is 1.01. The summed E-state index contributed by atoms with van der Waals surface area (Å²) in [6.07, 6.45) is 5.36. The molecule has 2 bridgehead atoms. The Balaban J connectivity index is 1.10. The molecule has 0 radical (unpaired) electrons. The Hall–Kier alpha value is -3.81. The van der Waals surface area contributed by atoms with Gasteiger partial charge in [-0.15, -0.1) is 0 Å². The molecule has 3 fully saturated rings. The fourth-order valence-corrected chi connectivity index (χ4v) is 5.90. The second-order valence-electron chi connectivity index (χ2n) is 9.34. The van der Waals surface area contributed by atoms with Crippen LogP contribution < -0.4 is 10.2 Å². The number of carbonyl (C=O) groups excluding carboxylic acids is 4. The van der Waals surface area contributed by atoms with Crippen LogP contribution in [0, 0.1) is 41.3 Å². The molecule has 2 saturated carbocycles. The molecule has 6 atom stereocenters. The van der Waals surface area contributed by atoms with E-state index in [2.05, 4.69) is 17.5 Å². The highest BCUT2D eigenvalue weighted by Gasteiger charge is 2.67. The Labute approximate surface area is 194 Å². The Kier molecular flexibility index (Phi) is 4.65. The lowest BCUT2D eigenvalue weighted by atomic mass is 9.63. The molecule has 1 heterocycles. The second kappa shape index (κ2) is 7.62. The number of nitrogens with one attached hydrogen (secondary N) is 1. The van der Waals surface area contributed by atoms with Gasteiger partial charge in [0.25, 0.3) is 5.91 Å². The van der Waals surface area contributed by atoms with Crippen LogP contribution in [-0.4, -0.2) is 30.3 Å². The van der Waals surface area contributed by atoms with Crippen molar-refractivity contribution in [3.63, 3.8) is 0 Å². The van der Waals surface area contributed by atoms with Crippen LogP contribution in [0.1, 0.15) is 16.8 Å². The van der Waals surface area contributed by atoms with Crippen molar-refractivity contribution in [3.05, 3.63) is 72.1 Å². The molecule has 3 amide bonds. The molecule has 8 heteroatoms. The minimum Gasteiger partial charge on any atom is -0.452 e. The number of hydrogen-bond donors (Lipinski definition) is 1. The van der Waals surface area contributed by atoms with Crippen molar-refractivity contribution >= 4 is 35.1 Å². The lowest BCUT2D eigenvalue weighted by Gasteiger charge is -2.37. The summed E-state index contributed by atoms with van der Waals surface area (Å²) < 4.78 is 18.0. The first-order valence-corrected chi connectivity index (χ1v) is 11.3. The van der Waals surface area contributed by atoms with Crippen LogP contribution in [0.25, 0.3) is 0 Å². The summed E-state index contributed by atoms with van der Waals surface area (Å²) in [5, 5.41) is 2.50. The van der Waals surface area contributed by atoms with Crippen molar-refractivity contribution in [2.75, 3.05) is 16.8 Å². The highest BCUT2D eigenvalue weighted by Crippen LogP contribution is 2.65. The van der Waals surface area contributed by atoms with Crippen LogP contribution in [0.3, 0.4) is 0 Å². The maximum atomic E-state index is 13.2. The maximum absolute atomic E-state index is 13.2. The van der Waals surface area contributed by atoms with Crippen LogP contribution in [-0.2, 0) is 19.1 Å². The van der Waals surface area contributed by atoms with Gasteiger partial charge in [-0.25, -0.2) is 9.18 Å². The number of esters is 1. The number of anilines is 2. The molecule has 34 heavy (non-hydrogen) atoms. The first-order chi connectivity index (χ1) is 16.4. The lowest BCUT2D eigenvalue weighted by Crippen LogP contribution is -2.40. The van der Waals surface area contributed by atoms with Crippen LogP contribution in [0.5, 0.6) is 0 Å². The molecule has 6 unspecified atom stereocenters. The van der Waals surface area contributed by atoms with E-state index < -0.39 is 24.3 Å². The molecule has 1 saturated heterocycles. The predicted molar refractivity (Wildman–Crippen MR) is 119 cm³/mol. The van der Waals surface area contributed by atoms with Gasteiger partial charge < -0.3 is 10.1 Å². The van der Waals surface area contributed by atoms with Gasteiger partial charge in [-0.05, 0) is 78.6 Å². The molecular formula is C26H21FN2O5. The van der Waals surface area contributed by atoms with Gasteiger partial charge in [-0.1, -0.05) is 12.2 Å². The van der Waals surface area contributed by atoms with E-state index in [1.165, 1.54) is 41.3 Å². The van der Waals surface area contributed by atoms with Gasteiger partial charge in [0.1, 0.15) is 5.82 Å². The quantitative estimate of drug-likeness (QED) is 0.420. The lowest BCUT2D eigenvalue weighted by molar-refractivity contribution is -0.124. The van der Waals surface area contributed by atoms with Crippen molar-refractivity contribution in [2.45, 2.75) is 6.42 Å². The van der Waals surface area contributed by atoms with Gasteiger partial charge in [-0.2, -0.15) is 0 Å². The molecule has 7 nitrogen and oxygen atoms in total. The summed E-state index contributed by atoms with van der Waals surface area (Å²) in [7, 11) is 0. The Bertz CT molecular complexity index is 1200. The molecule has 2 aromatic carbocycles. The second-order valence-corrected chi connectivity index (χ2v) is 9.34. The Morgan fingerprint density at radius 1 is 0.912 bits per heavy atom. The van der Waals surface area contributed by atoms with E-state index in [4.69, 9.17) is 4.74 Å². The minimum absolute atomic E-state index is 0.150. The predicted octanol–water partition coefficient (Wildman–Crippen LogP) is 3.18. The van der Waals surface area contributed by atoms with E-state index in [0.717, 1.165) is 6.42 Å². The highest BCUT2D eigenvalue weighted by molar-refractivity contribution is 6.22. The third kappa shape index (κ3) is 3.24. The number of imide groups is 1. The van der Waals surface area contributed by atoms with Gasteiger partial charge >= 0.3 is 5.97 Å². The molecular weight excluding hydrogens is 439 g/mol. The fourth-order valence-electron chi connectivity index (χ4n) is 5.90. The molecule has 7 rings (SSSR count). The number of carbonyl (C=O) groups is 4. The summed E-state index contributed by atoms with van der Waals surface area (Å²) in [6, 6.07) is 11.3. The van der Waals surface area contributed by atoms with E-state index in [-0.39, 0.29) is 41.0 Å². The number of ether oxygens (including phenoxy) is 1. The number of halogens is 1. The molecule has 172 valence electrons. The van der Waals surface area contributed by atoms with E-state index in [9.17, 15) is 23.6 Å². The number of hydrogen-bond acceptors (Lipinski definition) is 5. The maximum Gasteiger partial charge on any atom is 0.338 e. The average Bonchev–Trinajstić information content (AvgIpc) is 3.62. The van der Waals surface area contributed by atoms with Crippen LogP contribution >= 0.6 is 0 Å². The van der Waals surface area contributed by atoms with Gasteiger partial charge in [0.05, 0.1) is 23.1 Å². The molecule has 4 aliphatic carbocycles. The minimum atomic E-state index is -0.712. The zero-order valence-electron chi connectivity index (χ0n) is 18.0. The number of amides is 3. The molecule has 0 spiro atoms. The van der Waals surface area contributed by atoms with E-state index in [1.54, 1.807) is 12.1 Å². The summed E-state index contributed by atoms with van der Waals surface area (Å²) in [5.74, 6) is -1.22. The summed E-state index contributed by atoms with van der Waals surface area (Å²) in [4.78, 5) is 51.9. The van der Waals surface area contributed by atoms with E-state index in [1.807, 2.05) is 0 Å². The topological polar surface area (TPSA) is 92.8 Å². The van der Waals surface area contributed by atoms with Gasteiger partial charge in [0.15, 0.2) is 6.61 Å². The SMILES string of the molecule is O=C(COC(=O)c1ccc(N2C(=O)C3C4C=CC(C5CC45)C3C2=O)cc1)Nc1ccc(F)cc1. The standard InChI is InChI=1S/C26H21FN2O5/c27-14-3-5-15(6-4-14)28-21(30)12-34-26(33)13-1-7-16(8-2-13)29-24(31)22-17-9-10-18(20-11-19(17)20)23(22)25(29)32/h1-10,17-20,22-23H,11-12H2,(H,28,30). The summed E-state index contributed by atoms with van der Waals surface area (Å²) in [6.45, 7) is -0.511. The third-order valence-corrected chi connectivity index (χ3v) is 7.49. The number of nitrogens with zero attached hydrogens (tertiary/aromatic N) is 1. The molecule has 1 N–H and O–H groups in total. The largest absolute Gasteiger partial charge is 0.452 e. The highest BCUT2D eigenvalue weighted by atomic mass is 19.1. The normalized spacial score (nSPS) is 30.1. The summed E-state index contributed by atoms with van der Waals surface area (Å²) >= 11 is 0. The number of benzene rings is 2. The van der Waals surface area contributed by atoms with Gasteiger partial charge in [0.2, 0.25) is 11.8 Å². The van der Waals surface area contributed by atoms with Crippen molar-refractivity contribution in [1.29, 1.82) is 0 Å². The average molecular weight is 460 g/mol. The van der Waals surface area contributed by atoms with E-state index in [0.29, 0.717) is 23.2 Å². The fraction of sp³-hybridized carbons (Fsp3) is 0.308. The molecule has 5 aliphatic rings. The van der Waals surface area contributed by atoms with Gasteiger partial charge in [-0.3, -0.25) is 19.3 Å². The number of allylic oxidation sites excluding steroid dienone is 2. The monoisotopic (exact) mass is 460 g/mol. The zero-order valence-corrected chi connectivity index (χ0v) is 18.0. The van der Waals surface area contributed by atoms with Crippen LogP contribution in [0.2, 0.25) is 0 Å². The van der Waals surface area contributed by atoms with Crippen molar-refractivity contribution in [3.8, 4) is 0 Å². The van der Waals surface area contributed by atoms with E-state index >= 15 is 0 Å². The van der Waals surface area contributed by atoms with Crippen LogP contribution in [0.4, 0.5) is 15.8 Å². The van der Waals surface area contributed by atoms with Crippen molar-refractivity contribution < 1.29 is 28.3 Å². The van der Waals surface area contributed by atoms with Crippen molar-refractivity contribution in [1.82, 2.24) is 0 Å². The Morgan fingerprint density at radius 3 is 2.09 bits per heavy atom. The number of rotatable bonds is 5.